The van der Waals surface area contributed by atoms with Crippen LogP contribution in [0.3, 0.4) is 0 Å². The number of thioether (sulfide) groups is 1. The second-order valence-corrected chi connectivity index (χ2v) is 9.53. The molecule has 1 heterocycles. The lowest BCUT2D eigenvalue weighted by atomic mass is 10.1. The molecule has 24 heavy (non-hydrogen) atoms. The van der Waals surface area contributed by atoms with Crippen LogP contribution in [0.15, 0.2) is 4.99 Å². The Morgan fingerprint density at radius 1 is 1.25 bits per heavy atom. The maximum Gasteiger partial charge on any atom is 0.215 e. The van der Waals surface area contributed by atoms with E-state index in [4.69, 9.17) is 0 Å². The molecular weight excluding hydrogens is 344 g/mol. The smallest absolute Gasteiger partial charge is 0.215 e. The highest BCUT2D eigenvalue weighted by molar-refractivity contribution is 7.99. The lowest BCUT2D eigenvalue weighted by molar-refractivity contribution is 0.443. The van der Waals surface area contributed by atoms with Gasteiger partial charge in [0.2, 0.25) is 10.0 Å². The summed E-state index contributed by atoms with van der Waals surface area (Å²) in [4.78, 5) is 4.19. The Bertz CT molecular complexity index is 463. The number of hydrogen-bond acceptors (Lipinski definition) is 4. The van der Waals surface area contributed by atoms with E-state index < -0.39 is 10.0 Å². The van der Waals surface area contributed by atoms with Gasteiger partial charge in [0.15, 0.2) is 5.96 Å². The Balaban J connectivity index is 2.28. The predicted molar refractivity (Wildman–Crippen MR) is 105 cm³/mol. The van der Waals surface area contributed by atoms with Crippen LogP contribution in [0.4, 0.5) is 0 Å². The van der Waals surface area contributed by atoms with Gasteiger partial charge in [-0.1, -0.05) is 32.6 Å². The summed E-state index contributed by atoms with van der Waals surface area (Å²) in [5.41, 5.74) is 0. The normalized spacial score (nSPS) is 18.4. The van der Waals surface area contributed by atoms with Crippen LogP contribution < -0.4 is 10.6 Å². The van der Waals surface area contributed by atoms with Crippen molar-refractivity contribution < 1.29 is 8.42 Å². The number of rotatable bonds is 10. The van der Waals surface area contributed by atoms with Gasteiger partial charge in [-0.3, -0.25) is 4.99 Å². The molecule has 0 spiro atoms. The van der Waals surface area contributed by atoms with Crippen molar-refractivity contribution in [3.05, 3.63) is 0 Å². The van der Waals surface area contributed by atoms with Crippen LogP contribution in [-0.4, -0.2) is 68.7 Å². The van der Waals surface area contributed by atoms with E-state index in [9.17, 15) is 8.42 Å². The summed E-state index contributed by atoms with van der Waals surface area (Å²) >= 11 is 1.81. The lowest BCUT2D eigenvalue weighted by Gasteiger charge is -2.26. The van der Waals surface area contributed by atoms with Crippen LogP contribution in [0.5, 0.6) is 0 Å². The number of nitrogens with one attached hydrogen (secondary N) is 2. The SMILES string of the molecule is CCCCCCC(C)NC(=NC)NCCS(=O)(=O)N1CCSCC1. The van der Waals surface area contributed by atoms with Crippen molar-refractivity contribution in [2.45, 2.75) is 52.0 Å². The van der Waals surface area contributed by atoms with Crippen molar-refractivity contribution in [1.82, 2.24) is 14.9 Å². The van der Waals surface area contributed by atoms with Crippen molar-refractivity contribution in [2.24, 2.45) is 4.99 Å². The predicted octanol–water partition coefficient (Wildman–Crippen LogP) is 1.89. The molecule has 8 heteroatoms. The summed E-state index contributed by atoms with van der Waals surface area (Å²) in [5, 5.41) is 6.46. The molecule has 1 fully saturated rings. The van der Waals surface area contributed by atoms with Gasteiger partial charge in [-0.05, 0) is 13.3 Å². The van der Waals surface area contributed by atoms with Gasteiger partial charge in [0, 0.05) is 44.2 Å². The first-order chi connectivity index (χ1) is 11.5. The summed E-state index contributed by atoms with van der Waals surface area (Å²) < 4.78 is 26.2. The Labute approximate surface area is 152 Å². The van der Waals surface area contributed by atoms with Crippen LogP contribution in [0, 0.1) is 0 Å². The van der Waals surface area contributed by atoms with Crippen molar-refractivity contribution in [3.63, 3.8) is 0 Å². The molecule has 0 aromatic rings. The summed E-state index contributed by atoms with van der Waals surface area (Å²) in [6.45, 7) is 6.00. The topological polar surface area (TPSA) is 73.8 Å². The van der Waals surface area contributed by atoms with E-state index in [0.717, 1.165) is 17.9 Å². The molecule has 1 aliphatic rings. The van der Waals surface area contributed by atoms with Crippen LogP contribution in [0.1, 0.15) is 46.0 Å². The van der Waals surface area contributed by atoms with Crippen molar-refractivity contribution >= 4 is 27.7 Å². The quantitative estimate of drug-likeness (QED) is 0.345. The molecule has 1 unspecified atom stereocenters. The van der Waals surface area contributed by atoms with Gasteiger partial charge in [0.05, 0.1) is 5.75 Å². The molecule has 1 atom stereocenters. The number of hydrogen-bond donors (Lipinski definition) is 2. The Hall–Kier alpha value is -0.470. The fraction of sp³-hybridized carbons (Fsp3) is 0.938. The minimum absolute atomic E-state index is 0.114. The molecule has 1 aliphatic heterocycles. The van der Waals surface area contributed by atoms with E-state index in [-0.39, 0.29) is 5.75 Å². The summed E-state index contributed by atoms with van der Waals surface area (Å²) in [6.07, 6.45) is 6.10. The van der Waals surface area contributed by atoms with Gasteiger partial charge < -0.3 is 10.6 Å². The monoisotopic (exact) mass is 378 g/mol. The Morgan fingerprint density at radius 3 is 2.58 bits per heavy atom. The highest BCUT2D eigenvalue weighted by Gasteiger charge is 2.23. The summed E-state index contributed by atoms with van der Waals surface area (Å²) in [7, 11) is -1.44. The maximum atomic E-state index is 12.3. The van der Waals surface area contributed by atoms with E-state index in [0.29, 0.717) is 31.6 Å². The van der Waals surface area contributed by atoms with Gasteiger partial charge in [0.25, 0.3) is 0 Å². The average Bonchev–Trinajstić information content (AvgIpc) is 2.58. The number of unbranched alkanes of at least 4 members (excludes halogenated alkanes) is 3. The molecule has 0 aromatic heterocycles. The van der Waals surface area contributed by atoms with Crippen LogP contribution in [0.2, 0.25) is 0 Å². The van der Waals surface area contributed by atoms with Crippen LogP contribution in [0.25, 0.3) is 0 Å². The molecule has 0 saturated carbocycles. The molecule has 2 N–H and O–H groups in total. The second-order valence-electron chi connectivity index (χ2n) is 6.22. The van der Waals surface area contributed by atoms with Gasteiger partial charge in [0.1, 0.15) is 0 Å². The van der Waals surface area contributed by atoms with E-state index in [1.165, 1.54) is 25.7 Å². The highest BCUT2D eigenvalue weighted by atomic mass is 32.2. The third-order valence-electron chi connectivity index (χ3n) is 4.11. The van der Waals surface area contributed by atoms with Crippen LogP contribution in [-0.2, 0) is 10.0 Å². The fourth-order valence-corrected chi connectivity index (χ4v) is 5.12. The number of aliphatic imine (C=N–C) groups is 1. The van der Waals surface area contributed by atoms with E-state index in [1.54, 1.807) is 11.4 Å². The summed E-state index contributed by atoms with van der Waals surface area (Å²) in [6, 6.07) is 0.337. The molecule has 0 radical (unpaired) electrons. The summed E-state index contributed by atoms with van der Waals surface area (Å²) in [5.74, 6) is 2.59. The molecule has 1 rings (SSSR count). The van der Waals surface area contributed by atoms with Crippen LogP contribution >= 0.6 is 11.8 Å². The van der Waals surface area contributed by atoms with Crippen molar-refractivity contribution in [1.29, 1.82) is 0 Å². The number of nitrogens with zero attached hydrogens (tertiary/aromatic N) is 2. The number of guanidine groups is 1. The largest absolute Gasteiger partial charge is 0.355 e. The van der Waals surface area contributed by atoms with Gasteiger partial charge in [-0.15, -0.1) is 0 Å². The molecular formula is C16H34N4O2S2. The third-order valence-corrected chi connectivity index (χ3v) is 6.93. The lowest BCUT2D eigenvalue weighted by Crippen LogP contribution is -2.46. The maximum absolute atomic E-state index is 12.3. The Morgan fingerprint density at radius 2 is 1.96 bits per heavy atom. The average molecular weight is 379 g/mol. The van der Waals surface area contributed by atoms with Gasteiger partial charge in [-0.25, -0.2) is 12.7 Å². The van der Waals surface area contributed by atoms with E-state index >= 15 is 0 Å². The first-order valence-corrected chi connectivity index (χ1v) is 11.8. The van der Waals surface area contributed by atoms with Crippen molar-refractivity contribution in [2.75, 3.05) is 43.9 Å². The van der Waals surface area contributed by atoms with E-state index in [1.807, 2.05) is 11.8 Å². The fourth-order valence-electron chi connectivity index (χ4n) is 2.63. The molecule has 0 aromatic carbocycles. The third kappa shape index (κ3) is 8.58. The first kappa shape index (κ1) is 21.6. The molecule has 6 nitrogen and oxygen atoms in total. The zero-order chi connectivity index (χ0) is 17.8. The van der Waals surface area contributed by atoms with E-state index in [2.05, 4.69) is 29.5 Å². The Kier molecular flexibility index (Phi) is 10.8. The molecule has 0 aliphatic carbocycles. The zero-order valence-electron chi connectivity index (χ0n) is 15.4. The zero-order valence-corrected chi connectivity index (χ0v) is 17.0. The first-order valence-electron chi connectivity index (χ1n) is 9.02. The molecule has 1 saturated heterocycles. The minimum Gasteiger partial charge on any atom is -0.355 e. The minimum atomic E-state index is -3.16. The van der Waals surface area contributed by atoms with Gasteiger partial charge in [-0.2, -0.15) is 11.8 Å². The standard InChI is InChI=1S/C16H34N4O2S2/c1-4-5-6-7-8-15(2)19-16(17-3)18-9-14-24(21,22)20-10-12-23-13-11-20/h15H,4-14H2,1-3H3,(H2,17,18,19). The van der Waals surface area contributed by atoms with Crippen molar-refractivity contribution in [3.8, 4) is 0 Å². The highest BCUT2D eigenvalue weighted by Crippen LogP contribution is 2.13. The second kappa shape index (κ2) is 12.0. The molecule has 0 amide bonds. The van der Waals surface area contributed by atoms with Gasteiger partial charge >= 0.3 is 0 Å². The number of sulfonamides is 1. The molecule has 142 valence electrons. The molecule has 0 bridgehead atoms.